The van der Waals surface area contributed by atoms with E-state index in [9.17, 15) is 0 Å². The van der Waals surface area contributed by atoms with Crippen LogP contribution in [0.5, 0.6) is 0 Å². The van der Waals surface area contributed by atoms with Gasteiger partial charge >= 0.3 is 0 Å². The van der Waals surface area contributed by atoms with Gasteiger partial charge in [-0.3, -0.25) is 0 Å². The number of nitrogen functional groups attached to an aromatic ring is 1. The number of thiazole rings is 1. The molecule has 5 nitrogen and oxygen atoms in total. The summed E-state index contributed by atoms with van der Waals surface area (Å²) in [6.45, 7) is 4.33. The first kappa shape index (κ1) is 14.0. The molecule has 3 aromatic heterocycles. The Morgan fingerprint density at radius 2 is 2.14 bits per heavy atom. The molecule has 0 saturated carbocycles. The number of nitrogens with two attached hydrogens (primary N) is 1. The minimum absolute atomic E-state index is 0.356. The van der Waals surface area contributed by atoms with Crippen molar-refractivity contribution in [3.8, 4) is 0 Å². The van der Waals surface area contributed by atoms with Crippen molar-refractivity contribution in [2.45, 2.75) is 39.2 Å². The van der Waals surface area contributed by atoms with Crippen LogP contribution in [0.2, 0.25) is 0 Å². The van der Waals surface area contributed by atoms with E-state index in [4.69, 9.17) is 10.7 Å². The normalized spacial score (nSPS) is 11.6. The largest absolute Gasteiger partial charge is 0.375 e. The number of imidazole rings is 1. The van der Waals surface area contributed by atoms with Crippen LogP contribution in [0.3, 0.4) is 0 Å². The van der Waals surface area contributed by atoms with Crippen molar-refractivity contribution < 1.29 is 0 Å². The van der Waals surface area contributed by atoms with E-state index in [1.54, 1.807) is 0 Å². The fourth-order valence-corrected chi connectivity index (χ4v) is 3.16. The summed E-state index contributed by atoms with van der Waals surface area (Å²) in [6.07, 6.45) is 4.69. The molecule has 6 heteroatoms. The molecular weight excluding hydrogens is 282 g/mol. The van der Waals surface area contributed by atoms with E-state index in [2.05, 4.69) is 28.4 Å². The predicted molar refractivity (Wildman–Crippen MR) is 86.5 cm³/mol. The summed E-state index contributed by atoms with van der Waals surface area (Å²) in [6, 6.07) is 4.31. The Kier molecular flexibility index (Phi) is 3.88. The number of nitrogens with zero attached hydrogens (tertiary/aromatic N) is 4. The molecule has 3 aromatic rings. The zero-order valence-corrected chi connectivity index (χ0v) is 13.1. The summed E-state index contributed by atoms with van der Waals surface area (Å²) in [4.78, 5) is 13.5. The second-order valence-electron chi connectivity index (χ2n) is 5.37. The highest BCUT2D eigenvalue weighted by Crippen LogP contribution is 2.21. The van der Waals surface area contributed by atoms with Crippen LogP contribution < -0.4 is 5.73 Å². The molecule has 0 amide bonds. The van der Waals surface area contributed by atoms with Crippen LogP contribution in [0.15, 0.2) is 23.7 Å². The van der Waals surface area contributed by atoms with Crippen molar-refractivity contribution in [3.63, 3.8) is 0 Å². The summed E-state index contributed by atoms with van der Waals surface area (Å²) in [5.74, 6) is 1.10. The fourth-order valence-electron chi connectivity index (χ4n) is 2.56. The number of hydrogen-bond acceptors (Lipinski definition) is 5. The highest BCUT2D eigenvalue weighted by Gasteiger charge is 2.13. The molecule has 2 N–H and O–H groups in total. The molecule has 0 aromatic carbocycles. The molecule has 110 valence electrons. The van der Waals surface area contributed by atoms with Crippen LogP contribution in [-0.4, -0.2) is 19.5 Å². The van der Waals surface area contributed by atoms with Gasteiger partial charge in [-0.2, -0.15) is 0 Å². The van der Waals surface area contributed by atoms with Crippen LogP contribution in [0.1, 0.15) is 37.8 Å². The Balaban J connectivity index is 1.78. The molecular formula is C15H19N5S. The summed E-state index contributed by atoms with van der Waals surface area (Å²) >= 11 is 1.50. The van der Waals surface area contributed by atoms with Crippen LogP contribution >= 0.6 is 11.3 Å². The average Bonchev–Trinajstić information content (AvgIpc) is 3.02. The second-order valence-corrected chi connectivity index (χ2v) is 6.26. The summed E-state index contributed by atoms with van der Waals surface area (Å²) in [5.41, 5.74) is 8.67. The molecule has 0 aliphatic rings. The fraction of sp³-hybridized carbons (Fsp3) is 0.400. The lowest BCUT2D eigenvalue weighted by Gasteiger charge is -2.11. The van der Waals surface area contributed by atoms with Crippen molar-refractivity contribution in [3.05, 3.63) is 35.2 Å². The van der Waals surface area contributed by atoms with Crippen LogP contribution in [0.25, 0.3) is 11.2 Å². The van der Waals surface area contributed by atoms with E-state index in [0.29, 0.717) is 11.2 Å². The third-order valence-corrected chi connectivity index (χ3v) is 4.16. The van der Waals surface area contributed by atoms with Gasteiger partial charge in [-0.1, -0.05) is 0 Å². The highest BCUT2D eigenvalue weighted by molar-refractivity contribution is 7.13. The molecule has 3 heterocycles. The molecule has 0 aliphatic carbocycles. The minimum Gasteiger partial charge on any atom is -0.375 e. The van der Waals surface area contributed by atoms with Crippen LogP contribution in [0, 0.1) is 0 Å². The van der Waals surface area contributed by atoms with Gasteiger partial charge in [0.05, 0.1) is 5.69 Å². The van der Waals surface area contributed by atoms with Crippen molar-refractivity contribution >= 4 is 27.6 Å². The molecule has 0 aliphatic heterocycles. The summed E-state index contributed by atoms with van der Waals surface area (Å²) < 4.78 is 2.23. The third kappa shape index (κ3) is 2.90. The van der Waals surface area contributed by atoms with Gasteiger partial charge in [-0.15, -0.1) is 11.3 Å². The Bertz CT molecular complexity index is 743. The van der Waals surface area contributed by atoms with Crippen molar-refractivity contribution in [2.75, 3.05) is 5.73 Å². The van der Waals surface area contributed by atoms with Gasteiger partial charge in [0, 0.05) is 24.0 Å². The summed E-state index contributed by atoms with van der Waals surface area (Å²) in [5, 5.41) is 2.67. The second kappa shape index (κ2) is 5.81. The maximum absolute atomic E-state index is 5.66. The van der Waals surface area contributed by atoms with Crippen LogP contribution in [-0.2, 0) is 12.8 Å². The monoisotopic (exact) mass is 301 g/mol. The molecule has 0 saturated heterocycles. The quantitative estimate of drug-likeness (QED) is 0.785. The molecule has 3 rings (SSSR count). The Morgan fingerprint density at radius 1 is 1.29 bits per heavy atom. The van der Waals surface area contributed by atoms with E-state index < -0.39 is 0 Å². The van der Waals surface area contributed by atoms with E-state index in [1.807, 2.05) is 23.7 Å². The zero-order valence-electron chi connectivity index (χ0n) is 12.3. The average molecular weight is 301 g/mol. The highest BCUT2D eigenvalue weighted by atomic mass is 32.1. The van der Waals surface area contributed by atoms with Crippen LogP contribution in [0.4, 0.5) is 5.13 Å². The van der Waals surface area contributed by atoms with Gasteiger partial charge in [0.1, 0.15) is 11.3 Å². The summed E-state index contributed by atoms with van der Waals surface area (Å²) in [7, 11) is 0. The first-order valence-corrected chi connectivity index (χ1v) is 8.05. The molecule has 21 heavy (non-hydrogen) atoms. The van der Waals surface area contributed by atoms with E-state index in [1.165, 1.54) is 11.3 Å². The number of anilines is 1. The van der Waals surface area contributed by atoms with Gasteiger partial charge in [0.25, 0.3) is 0 Å². The van der Waals surface area contributed by atoms with Gasteiger partial charge in [0.15, 0.2) is 10.8 Å². The number of rotatable bonds is 5. The molecule has 0 bridgehead atoms. The van der Waals surface area contributed by atoms with E-state index in [0.717, 1.165) is 41.9 Å². The maximum atomic E-state index is 5.66. The van der Waals surface area contributed by atoms with Gasteiger partial charge in [0.2, 0.25) is 0 Å². The van der Waals surface area contributed by atoms with Crippen molar-refractivity contribution in [2.24, 2.45) is 0 Å². The Morgan fingerprint density at radius 3 is 2.86 bits per heavy atom. The minimum atomic E-state index is 0.356. The van der Waals surface area contributed by atoms with Gasteiger partial charge in [-0.05, 0) is 38.8 Å². The lowest BCUT2D eigenvalue weighted by atomic mass is 10.2. The molecule has 0 atom stereocenters. The lowest BCUT2D eigenvalue weighted by molar-refractivity contribution is 0.571. The van der Waals surface area contributed by atoms with Gasteiger partial charge < -0.3 is 10.3 Å². The Labute approximate surface area is 127 Å². The first-order chi connectivity index (χ1) is 10.1. The molecule has 0 fully saturated rings. The molecule has 0 radical (unpaired) electrons. The van der Waals surface area contributed by atoms with Gasteiger partial charge in [-0.25, -0.2) is 15.0 Å². The van der Waals surface area contributed by atoms with E-state index >= 15 is 0 Å². The predicted octanol–water partition coefficient (Wildman–Crippen LogP) is 3.23. The van der Waals surface area contributed by atoms with Crippen molar-refractivity contribution in [1.82, 2.24) is 19.5 Å². The lowest BCUT2D eigenvalue weighted by Crippen LogP contribution is -2.07. The maximum Gasteiger partial charge on any atom is 0.180 e. The number of aryl methyl sites for hydroxylation is 2. The molecule has 0 unspecified atom stereocenters. The number of fused-ring (bicyclic) bond motifs is 1. The smallest absolute Gasteiger partial charge is 0.180 e. The number of aromatic nitrogens is 4. The molecule has 0 spiro atoms. The topological polar surface area (TPSA) is 69.6 Å². The standard InChI is InChI=1S/C15H19N5S/c1-10(2)20-13(19-12-6-4-8-17-14(12)20)7-3-5-11-9-21-15(16)18-11/h4,6,8-10H,3,5,7H2,1-2H3,(H2,16,18). The third-order valence-electron chi connectivity index (χ3n) is 3.44. The number of pyridine rings is 1. The first-order valence-electron chi connectivity index (χ1n) is 7.17. The Hall–Kier alpha value is -1.95. The SMILES string of the molecule is CC(C)n1c(CCCc2csc(N)n2)nc2cccnc21. The zero-order chi connectivity index (χ0) is 14.8. The van der Waals surface area contributed by atoms with E-state index in [-0.39, 0.29) is 0 Å². The van der Waals surface area contributed by atoms with Crippen molar-refractivity contribution in [1.29, 1.82) is 0 Å². The number of hydrogen-bond donors (Lipinski definition) is 1.